The number of benzene rings is 2. The van der Waals surface area contributed by atoms with Crippen LogP contribution in [0.1, 0.15) is 5.56 Å². The SMILES string of the molecule is C(/C=C/c1ccccc1)=N/Sc1ccccc1. The monoisotopic (exact) mass is 239 g/mol. The smallest absolute Gasteiger partial charge is 0.0355 e. The van der Waals surface area contributed by atoms with E-state index >= 15 is 0 Å². The van der Waals surface area contributed by atoms with Crippen LogP contribution >= 0.6 is 11.9 Å². The Labute approximate surface area is 106 Å². The van der Waals surface area contributed by atoms with Crippen LogP contribution in [0.2, 0.25) is 0 Å². The maximum Gasteiger partial charge on any atom is 0.0355 e. The highest BCUT2D eigenvalue weighted by molar-refractivity contribution is 7.98. The van der Waals surface area contributed by atoms with Gasteiger partial charge in [-0.15, -0.1) is 0 Å². The Morgan fingerprint density at radius 3 is 2.18 bits per heavy atom. The van der Waals surface area contributed by atoms with Crippen molar-refractivity contribution >= 4 is 24.2 Å². The third-order valence-corrected chi connectivity index (χ3v) is 2.85. The van der Waals surface area contributed by atoms with Crippen LogP contribution in [0, 0.1) is 0 Å². The number of hydrogen-bond donors (Lipinski definition) is 0. The van der Waals surface area contributed by atoms with Crippen LogP contribution in [-0.4, -0.2) is 6.21 Å². The fourth-order valence-electron chi connectivity index (χ4n) is 1.33. The van der Waals surface area contributed by atoms with E-state index in [1.54, 1.807) is 0 Å². The van der Waals surface area contributed by atoms with E-state index in [1.165, 1.54) is 17.5 Å². The van der Waals surface area contributed by atoms with Gasteiger partial charge in [0.25, 0.3) is 0 Å². The van der Waals surface area contributed by atoms with Crippen molar-refractivity contribution in [2.75, 3.05) is 0 Å². The summed E-state index contributed by atoms with van der Waals surface area (Å²) in [5.41, 5.74) is 1.18. The lowest BCUT2D eigenvalue weighted by Crippen LogP contribution is -1.69. The minimum Gasteiger partial charge on any atom is -0.219 e. The summed E-state index contributed by atoms with van der Waals surface area (Å²) < 4.78 is 4.26. The molecule has 2 heteroatoms. The number of nitrogens with zero attached hydrogens (tertiary/aromatic N) is 1. The molecule has 0 N–H and O–H groups in total. The van der Waals surface area contributed by atoms with E-state index in [-0.39, 0.29) is 0 Å². The van der Waals surface area contributed by atoms with E-state index in [4.69, 9.17) is 0 Å². The summed E-state index contributed by atoms with van der Waals surface area (Å²) in [5, 5.41) is 0. The molecule has 2 aromatic carbocycles. The van der Waals surface area contributed by atoms with Crippen molar-refractivity contribution in [2.24, 2.45) is 4.40 Å². The first-order chi connectivity index (χ1) is 8.45. The molecule has 0 aliphatic heterocycles. The van der Waals surface area contributed by atoms with Crippen LogP contribution < -0.4 is 0 Å². The van der Waals surface area contributed by atoms with Gasteiger partial charge >= 0.3 is 0 Å². The summed E-state index contributed by atoms with van der Waals surface area (Å²) in [6, 6.07) is 20.3. The molecule has 0 radical (unpaired) electrons. The lowest BCUT2D eigenvalue weighted by atomic mass is 10.2. The van der Waals surface area contributed by atoms with Gasteiger partial charge < -0.3 is 0 Å². The average molecular weight is 239 g/mol. The molecule has 17 heavy (non-hydrogen) atoms. The second kappa shape index (κ2) is 6.71. The molecule has 0 unspecified atom stereocenters. The highest BCUT2D eigenvalue weighted by atomic mass is 32.2. The Kier molecular flexibility index (Phi) is 4.61. The van der Waals surface area contributed by atoms with Crippen LogP contribution in [0.15, 0.2) is 76.0 Å². The molecule has 0 aliphatic rings. The van der Waals surface area contributed by atoms with Gasteiger partial charge in [0, 0.05) is 23.1 Å². The minimum atomic E-state index is 1.15. The molecule has 0 amide bonds. The van der Waals surface area contributed by atoms with Crippen LogP contribution in [0.25, 0.3) is 6.08 Å². The van der Waals surface area contributed by atoms with Gasteiger partial charge in [0.1, 0.15) is 0 Å². The third-order valence-electron chi connectivity index (χ3n) is 2.14. The van der Waals surface area contributed by atoms with Gasteiger partial charge in [0.2, 0.25) is 0 Å². The Morgan fingerprint density at radius 1 is 0.824 bits per heavy atom. The highest BCUT2D eigenvalue weighted by Crippen LogP contribution is 2.17. The zero-order chi connectivity index (χ0) is 11.8. The first kappa shape index (κ1) is 11.7. The van der Waals surface area contributed by atoms with Crippen molar-refractivity contribution in [3.8, 4) is 0 Å². The molecular weight excluding hydrogens is 226 g/mol. The molecule has 2 aromatic rings. The normalized spacial score (nSPS) is 11.3. The molecule has 2 rings (SSSR count). The summed E-state index contributed by atoms with van der Waals surface area (Å²) in [6.45, 7) is 0. The van der Waals surface area contributed by atoms with Crippen LogP contribution in [0.5, 0.6) is 0 Å². The molecule has 0 saturated heterocycles. The molecule has 0 atom stereocenters. The standard InChI is InChI=1S/C15H13NS/c1-3-8-14(9-4-1)10-7-13-16-17-15-11-5-2-6-12-15/h1-13H/b10-7+,16-13-. The lowest BCUT2D eigenvalue weighted by Gasteiger charge is -1.91. The quantitative estimate of drug-likeness (QED) is 0.566. The van der Waals surface area contributed by atoms with E-state index in [1.807, 2.05) is 66.9 Å². The van der Waals surface area contributed by atoms with E-state index in [0.717, 1.165) is 4.90 Å². The number of rotatable bonds is 4. The molecule has 0 spiro atoms. The van der Waals surface area contributed by atoms with E-state index < -0.39 is 0 Å². The highest BCUT2D eigenvalue weighted by Gasteiger charge is 1.86. The summed E-state index contributed by atoms with van der Waals surface area (Å²) in [7, 11) is 0. The zero-order valence-corrected chi connectivity index (χ0v) is 10.2. The Bertz CT molecular complexity index is 489. The molecule has 0 aliphatic carbocycles. The fourth-order valence-corrected chi connectivity index (χ4v) is 1.86. The fraction of sp³-hybridized carbons (Fsp3) is 0. The van der Waals surface area contributed by atoms with E-state index in [9.17, 15) is 0 Å². The first-order valence-corrected chi connectivity index (χ1v) is 6.20. The Balaban J connectivity index is 1.85. The lowest BCUT2D eigenvalue weighted by molar-refractivity contribution is 1.46. The second-order valence-electron chi connectivity index (χ2n) is 3.43. The Morgan fingerprint density at radius 2 is 1.47 bits per heavy atom. The molecule has 0 fully saturated rings. The van der Waals surface area contributed by atoms with Crippen molar-refractivity contribution < 1.29 is 0 Å². The maximum absolute atomic E-state index is 4.26. The zero-order valence-electron chi connectivity index (χ0n) is 9.36. The minimum absolute atomic E-state index is 1.15. The predicted molar refractivity (Wildman–Crippen MR) is 76.3 cm³/mol. The van der Waals surface area contributed by atoms with Gasteiger partial charge in [0.05, 0.1) is 0 Å². The van der Waals surface area contributed by atoms with Crippen molar-refractivity contribution in [1.82, 2.24) is 0 Å². The van der Waals surface area contributed by atoms with Crippen molar-refractivity contribution in [3.63, 3.8) is 0 Å². The molecule has 1 nitrogen and oxygen atoms in total. The molecular formula is C15H13NS. The molecule has 0 aromatic heterocycles. The van der Waals surface area contributed by atoms with Gasteiger partial charge in [0.15, 0.2) is 0 Å². The molecule has 0 bridgehead atoms. The average Bonchev–Trinajstić information content (AvgIpc) is 2.41. The van der Waals surface area contributed by atoms with Crippen molar-refractivity contribution in [1.29, 1.82) is 0 Å². The van der Waals surface area contributed by atoms with Gasteiger partial charge in [-0.25, -0.2) is 4.40 Å². The largest absolute Gasteiger partial charge is 0.219 e. The summed E-state index contributed by atoms with van der Waals surface area (Å²) >= 11 is 1.47. The van der Waals surface area contributed by atoms with Crippen LogP contribution in [0.3, 0.4) is 0 Å². The first-order valence-electron chi connectivity index (χ1n) is 5.42. The summed E-state index contributed by atoms with van der Waals surface area (Å²) in [5.74, 6) is 0. The predicted octanol–water partition coefficient (Wildman–Crippen LogP) is 4.48. The van der Waals surface area contributed by atoms with Gasteiger partial charge in [-0.1, -0.05) is 54.6 Å². The van der Waals surface area contributed by atoms with E-state index in [2.05, 4.69) is 16.5 Å². The van der Waals surface area contributed by atoms with Crippen LogP contribution in [-0.2, 0) is 0 Å². The molecule has 0 saturated carbocycles. The van der Waals surface area contributed by atoms with E-state index in [0.29, 0.717) is 0 Å². The number of allylic oxidation sites excluding steroid dienone is 1. The third kappa shape index (κ3) is 4.29. The molecule has 84 valence electrons. The van der Waals surface area contributed by atoms with Crippen molar-refractivity contribution in [2.45, 2.75) is 4.90 Å². The molecule has 0 heterocycles. The van der Waals surface area contributed by atoms with Gasteiger partial charge in [-0.05, 0) is 23.8 Å². The van der Waals surface area contributed by atoms with Crippen molar-refractivity contribution in [3.05, 3.63) is 72.3 Å². The summed E-state index contributed by atoms with van der Waals surface area (Å²) in [4.78, 5) is 1.15. The second-order valence-corrected chi connectivity index (χ2v) is 4.29. The van der Waals surface area contributed by atoms with Crippen LogP contribution in [0.4, 0.5) is 0 Å². The maximum atomic E-state index is 4.26. The Hall–Kier alpha value is -1.80. The number of hydrogen-bond acceptors (Lipinski definition) is 2. The topological polar surface area (TPSA) is 12.4 Å². The van der Waals surface area contributed by atoms with Gasteiger partial charge in [-0.2, -0.15) is 0 Å². The van der Waals surface area contributed by atoms with Gasteiger partial charge in [-0.3, -0.25) is 0 Å². The summed E-state index contributed by atoms with van der Waals surface area (Å²) in [6.07, 6.45) is 5.80.